The zero-order valence-corrected chi connectivity index (χ0v) is 9.62. The number of nitrogens with zero attached hydrogens (tertiary/aromatic N) is 1. The van der Waals surface area contributed by atoms with Crippen LogP contribution in [0.5, 0.6) is 0 Å². The number of carboxylic acids is 1. The van der Waals surface area contributed by atoms with Gasteiger partial charge in [-0.05, 0) is 12.5 Å². The van der Waals surface area contributed by atoms with E-state index in [1.54, 1.807) is 6.92 Å². The Kier molecular flexibility index (Phi) is 4.36. The molecule has 0 saturated heterocycles. The fourth-order valence-electron chi connectivity index (χ4n) is 1.40. The summed E-state index contributed by atoms with van der Waals surface area (Å²) in [5.41, 5.74) is -0.502. The minimum Gasteiger partial charge on any atom is -0.480 e. The molecule has 1 atom stereocenters. The first-order valence-corrected chi connectivity index (χ1v) is 5.24. The van der Waals surface area contributed by atoms with Gasteiger partial charge in [0.25, 0.3) is 11.6 Å². The Labute approximate surface area is 103 Å². The average molecular weight is 252 g/mol. The van der Waals surface area contributed by atoms with Gasteiger partial charge in [0.15, 0.2) is 0 Å². The number of nitro benzene ring substituents is 1. The van der Waals surface area contributed by atoms with Gasteiger partial charge in [0.1, 0.15) is 11.6 Å². The van der Waals surface area contributed by atoms with Gasteiger partial charge in [0, 0.05) is 6.07 Å². The summed E-state index contributed by atoms with van der Waals surface area (Å²) >= 11 is 0. The Hall–Kier alpha value is -2.44. The van der Waals surface area contributed by atoms with Crippen molar-refractivity contribution in [2.45, 2.75) is 19.4 Å². The minimum absolute atomic E-state index is 0.151. The van der Waals surface area contributed by atoms with Crippen LogP contribution >= 0.6 is 0 Å². The van der Waals surface area contributed by atoms with Crippen molar-refractivity contribution in [1.29, 1.82) is 0 Å². The number of carboxylic acid groups (broad SMARTS) is 1. The Morgan fingerprint density at radius 2 is 2.06 bits per heavy atom. The molecule has 0 unspecified atom stereocenters. The monoisotopic (exact) mass is 252 g/mol. The van der Waals surface area contributed by atoms with Crippen molar-refractivity contribution in [3.05, 3.63) is 39.9 Å². The van der Waals surface area contributed by atoms with Crippen molar-refractivity contribution < 1.29 is 19.6 Å². The summed E-state index contributed by atoms with van der Waals surface area (Å²) in [6.07, 6.45) is 0.196. The van der Waals surface area contributed by atoms with Crippen molar-refractivity contribution in [2.24, 2.45) is 0 Å². The van der Waals surface area contributed by atoms with E-state index in [9.17, 15) is 19.7 Å². The maximum Gasteiger partial charge on any atom is 0.326 e. The molecule has 0 aliphatic heterocycles. The first kappa shape index (κ1) is 13.6. The van der Waals surface area contributed by atoms with Crippen LogP contribution in [0.1, 0.15) is 23.7 Å². The molecule has 0 fully saturated rings. The molecule has 2 N–H and O–H groups in total. The zero-order valence-electron chi connectivity index (χ0n) is 9.62. The van der Waals surface area contributed by atoms with Crippen LogP contribution in [0, 0.1) is 10.1 Å². The van der Waals surface area contributed by atoms with Crippen LogP contribution in [0.3, 0.4) is 0 Å². The van der Waals surface area contributed by atoms with Gasteiger partial charge in [-0.1, -0.05) is 19.1 Å². The quantitative estimate of drug-likeness (QED) is 0.604. The highest BCUT2D eigenvalue weighted by Gasteiger charge is 2.23. The fraction of sp³-hybridized carbons (Fsp3) is 0.273. The second kappa shape index (κ2) is 5.76. The van der Waals surface area contributed by atoms with E-state index < -0.39 is 22.8 Å². The number of carbonyl (C=O) groups is 2. The predicted molar refractivity (Wildman–Crippen MR) is 62.3 cm³/mol. The van der Waals surface area contributed by atoms with Crippen molar-refractivity contribution in [2.75, 3.05) is 0 Å². The lowest BCUT2D eigenvalue weighted by atomic mass is 10.1. The number of nitro groups is 1. The van der Waals surface area contributed by atoms with Crippen molar-refractivity contribution in [3.63, 3.8) is 0 Å². The fourth-order valence-corrected chi connectivity index (χ4v) is 1.40. The summed E-state index contributed by atoms with van der Waals surface area (Å²) < 4.78 is 0. The molecular weight excluding hydrogens is 240 g/mol. The average Bonchev–Trinajstić information content (AvgIpc) is 2.35. The Bertz CT molecular complexity index is 486. The third-order valence-corrected chi connectivity index (χ3v) is 2.36. The van der Waals surface area contributed by atoms with Crippen LogP contribution in [-0.2, 0) is 4.79 Å². The molecule has 96 valence electrons. The van der Waals surface area contributed by atoms with Gasteiger partial charge in [-0.25, -0.2) is 4.79 Å². The molecule has 1 amide bonds. The predicted octanol–water partition coefficient (Wildman–Crippen LogP) is 1.19. The van der Waals surface area contributed by atoms with E-state index in [-0.39, 0.29) is 17.7 Å². The number of nitrogens with one attached hydrogen (secondary N) is 1. The van der Waals surface area contributed by atoms with Gasteiger partial charge in [0.2, 0.25) is 0 Å². The highest BCUT2D eigenvalue weighted by molar-refractivity contribution is 5.99. The number of para-hydroxylation sites is 1. The third kappa shape index (κ3) is 3.03. The summed E-state index contributed by atoms with van der Waals surface area (Å²) in [5, 5.41) is 21.8. The summed E-state index contributed by atoms with van der Waals surface area (Å²) in [5.74, 6) is -1.94. The molecule has 0 spiro atoms. The maximum absolute atomic E-state index is 11.8. The number of benzene rings is 1. The molecule has 1 rings (SSSR count). The first-order chi connectivity index (χ1) is 8.47. The molecule has 0 bridgehead atoms. The van der Waals surface area contributed by atoms with Gasteiger partial charge in [-0.15, -0.1) is 0 Å². The summed E-state index contributed by atoms with van der Waals surface area (Å²) in [7, 11) is 0. The Morgan fingerprint density at radius 1 is 1.44 bits per heavy atom. The van der Waals surface area contributed by atoms with Crippen LogP contribution in [0.15, 0.2) is 24.3 Å². The number of aliphatic carboxylic acids is 1. The van der Waals surface area contributed by atoms with Crippen LogP contribution in [-0.4, -0.2) is 27.9 Å². The summed E-state index contributed by atoms with van der Waals surface area (Å²) in [4.78, 5) is 32.6. The van der Waals surface area contributed by atoms with E-state index in [1.165, 1.54) is 24.3 Å². The van der Waals surface area contributed by atoms with E-state index in [1.807, 2.05) is 0 Å². The number of rotatable bonds is 5. The molecule has 0 heterocycles. The second-order valence-corrected chi connectivity index (χ2v) is 3.55. The molecule has 0 radical (unpaired) electrons. The molecule has 7 heteroatoms. The third-order valence-electron chi connectivity index (χ3n) is 2.36. The number of amides is 1. The van der Waals surface area contributed by atoms with Gasteiger partial charge in [-0.3, -0.25) is 14.9 Å². The van der Waals surface area contributed by atoms with Crippen molar-refractivity contribution in [1.82, 2.24) is 5.32 Å². The summed E-state index contributed by atoms with van der Waals surface area (Å²) in [6.45, 7) is 1.60. The molecule has 18 heavy (non-hydrogen) atoms. The van der Waals surface area contributed by atoms with Crippen LogP contribution in [0.25, 0.3) is 0 Å². The van der Waals surface area contributed by atoms with Crippen LogP contribution in [0.2, 0.25) is 0 Å². The van der Waals surface area contributed by atoms with Crippen LogP contribution < -0.4 is 5.32 Å². The smallest absolute Gasteiger partial charge is 0.326 e. The molecule has 7 nitrogen and oxygen atoms in total. The normalized spacial score (nSPS) is 11.6. The van der Waals surface area contributed by atoms with E-state index >= 15 is 0 Å². The summed E-state index contributed by atoms with van der Waals surface area (Å²) in [6, 6.07) is 4.32. The first-order valence-electron chi connectivity index (χ1n) is 5.24. The number of carbonyl (C=O) groups excluding carboxylic acids is 1. The van der Waals surface area contributed by atoms with Crippen LogP contribution in [0.4, 0.5) is 5.69 Å². The Balaban J connectivity index is 2.97. The van der Waals surface area contributed by atoms with Gasteiger partial charge < -0.3 is 10.4 Å². The zero-order chi connectivity index (χ0) is 13.7. The second-order valence-electron chi connectivity index (χ2n) is 3.55. The molecule has 0 aromatic heterocycles. The lowest BCUT2D eigenvalue weighted by Crippen LogP contribution is -2.40. The molecule has 0 aliphatic rings. The SMILES string of the molecule is CC[C@H](NC(=O)c1ccccc1[N+](=O)[O-])C(=O)O. The van der Waals surface area contributed by atoms with Gasteiger partial charge in [-0.2, -0.15) is 0 Å². The lowest BCUT2D eigenvalue weighted by Gasteiger charge is -2.12. The van der Waals surface area contributed by atoms with Gasteiger partial charge in [0.05, 0.1) is 4.92 Å². The highest BCUT2D eigenvalue weighted by Crippen LogP contribution is 2.17. The molecular formula is C11H12N2O5. The largest absolute Gasteiger partial charge is 0.480 e. The van der Waals surface area contributed by atoms with Crippen molar-refractivity contribution in [3.8, 4) is 0 Å². The van der Waals surface area contributed by atoms with Crippen molar-refractivity contribution >= 4 is 17.6 Å². The molecule has 0 aliphatic carbocycles. The topological polar surface area (TPSA) is 110 Å². The molecule has 0 saturated carbocycles. The molecule has 1 aromatic carbocycles. The Morgan fingerprint density at radius 3 is 2.56 bits per heavy atom. The van der Waals surface area contributed by atoms with Gasteiger partial charge >= 0.3 is 5.97 Å². The number of hydrogen-bond acceptors (Lipinski definition) is 4. The van der Waals surface area contributed by atoms with E-state index in [0.29, 0.717) is 0 Å². The lowest BCUT2D eigenvalue weighted by molar-refractivity contribution is -0.385. The standard InChI is InChI=1S/C11H12N2O5/c1-2-8(11(15)16)12-10(14)7-5-3-4-6-9(7)13(17)18/h3-6,8H,2H2,1H3,(H,12,14)(H,15,16)/t8-/m0/s1. The maximum atomic E-state index is 11.8. The number of hydrogen-bond donors (Lipinski definition) is 2. The van der Waals surface area contributed by atoms with E-state index in [2.05, 4.69) is 5.32 Å². The van der Waals surface area contributed by atoms with E-state index in [0.717, 1.165) is 0 Å². The van der Waals surface area contributed by atoms with E-state index in [4.69, 9.17) is 5.11 Å². The minimum atomic E-state index is -1.18. The highest BCUT2D eigenvalue weighted by atomic mass is 16.6. The molecule has 1 aromatic rings.